The standard InChI is InChI=1S/C14H23N3O4/c1-5-14(6-2)10(7-11(14)20-4)15-12(18)8-17-13(19)21-9(3)16-17/h10-11H,5-8H2,1-4H3,(H,15,18). The lowest BCUT2D eigenvalue weighted by atomic mass is 9.58. The molecule has 21 heavy (non-hydrogen) atoms. The van der Waals surface area contributed by atoms with E-state index in [-0.39, 0.29) is 35.9 Å². The predicted octanol–water partition coefficient (Wildman–Crippen LogP) is 0.855. The molecular formula is C14H23N3O4. The maximum absolute atomic E-state index is 12.1. The van der Waals surface area contributed by atoms with Gasteiger partial charge in [-0.3, -0.25) is 4.79 Å². The minimum atomic E-state index is -0.608. The Hall–Kier alpha value is -1.63. The largest absolute Gasteiger partial charge is 0.437 e. The molecule has 2 rings (SSSR count). The van der Waals surface area contributed by atoms with Gasteiger partial charge in [0.05, 0.1) is 6.10 Å². The van der Waals surface area contributed by atoms with Crippen molar-refractivity contribution in [2.75, 3.05) is 7.11 Å². The molecule has 0 aliphatic heterocycles. The maximum atomic E-state index is 12.1. The number of ether oxygens (including phenoxy) is 1. The molecule has 1 aromatic heterocycles. The molecule has 2 unspecified atom stereocenters. The molecule has 0 spiro atoms. The number of hydrogen-bond acceptors (Lipinski definition) is 5. The highest BCUT2D eigenvalue weighted by molar-refractivity contribution is 5.76. The summed E-state index contributed by atoms with van der Waals surface area (Å²) in [5, 5.41) is 6.86. The molecule has 0 radical (unpaired) electrons. The predicted molar refractivity (Wildman–Crippen MR) is 75.9 cm³/mol. The third kappa shape index (κ3) is 2.74. The zero-order valence-electron chi connectivity index (χ0n) is 13.0. The average molecular weight is 297 g/mol. The topological polar surface area (TPSA) is 86.4 Å². The van der Waals surface area contributed by atoms with E-state index in [2.05, 4.69) is 24.3 Å². The third-order valence-corrected chi connectivity index (χ3v) is 4.72. The first-order valence-corrected chi connectivity index (χ1v) is 7.33. The van der Waals surface area contributed by atoms with Gasteiger partial charge in [-0.15, -0.1) is 5.10 Å². The second-order valence-electron chi connectivity index (χ2n) is 5.57. The van der Waals surface area contributed by atoms with E-state index in [1.54, 1.807) is 14.0 Å². The number of methoxy groups -OCH3 is 1. The van der Waals surface area contributed by atoms with Crippen LogP contribution in [0.2, 0.25) is 0 Å². The fourth-order valence-electron chi connectivity index (χ4n) is 3.37. The van der Waals surface area contributed by atoms with Crippen LogP contribution in [0.15, 0.2) is 9.21 Å². The Morgan fingerprint density at radius 1 is 1.52 bits per heavy atom. The van der Waals surface area contributed by atoms with E-state index in [0.29, 0.717) is 0 Å². The monoisotopic (exact) mass is 297 g/mol. The number of hydrogen-bond donors (Lipinski definition) is 1. The number of rotatable bonds is 6. The van der Waals surface area contributed by atoms with Gasteiger partial charge in [0, 0.05) is 25.5 Å². The lowest BCUT2D eigenvalue weighted by Crippen LogP contribution is -2.64. The van der Waals surface area contributed by atoms with E-state index < -0.39 is 5.76 Å². The Morgan fingerprint density at radius 2 is 2.19 bits per heavy atom. The Bertz CT molecular complexity index is 559. The van der Waals surface area contributed by atoms with Gasteiger partial charge in [-0.05, 0) is 19.3 Å². The highest BCUT2D eigenvalue weighted by atomic mass is 16.5. The van der Waals surface area contributed by atoms with Gasteiger partial charge in [-0.25, -0.2) is 4.79 Å². The zero-order chi connectivity index (χ0) is 15.6. The molecule has 0 saturated heterocycles. The van der Waals surface area contributed by atoms with Crippen LogP contribution in [0.25, 0.3) is 0 Å². The van der Waals surface area contributed by atoms with Crippen LogP contribution < -0.4 is 11.1 Å². The van der Waals surface area contributed by atoms with E-state index in [1.165, 1.54) is 0 Å². The third-order valence-electron chi connectivity index (χ3n) is 4.72. The second-order valence-corrected chi connectivity index (χ2v) is 5.57. The van der Waals surface area contributed by atoms with E-state index in [1.807, 2.05) is 0 Å². The van der Waals surface area contributed by atoms with Gasteiger partial charge < -0.3 is 14.5 Å². The summed E-state index contributed by atoms with van der Waals surface area (Å²) in [5.74, 6) is -0.577. The summed E-state index contributed by atoms with van der Waals surface area (Å²) >= 11 is 0. The molecule has 7 heteroatoms. The van der Waals surface area contributed by atoms with E-state index in [4.69, 9.17) is 9.15 Å². The quantitative estimate of drug-likeness (QED) is 0.841. The Kier molecular flexibility index (Phi) is 4.51. The highest BCUT2D eigenvalue weighted by Gasteiger charge is 2.53. The molecule has 1 aromatic rings. The number of aromatic nitrogens is 2. The van der Waals surface area contributed by atoms with Crippen molar-refractivity contribution < 1.29 is 13.9 Å². The summed E-state index contributed by atoms with van der Waals surface area (Å²) in [6.45, 7) is 5.68. The van der Waals surface area contributed by atoms with Gasteiger partial charge in [0.2, 0.25) is 11.8 Å². The first-order chi connectivity index (χ1) is 9.96. The summed E-state index contributed by atoms with van der Waals surface area (Å²) in [5.41, 5.74) is -0.0187. The molecule has 0 aromatic carbocycles. The fourth-order valence-corrected chi connectivity index (χ4v) is 3.37. The van der Waals surface area contributed by atoms with Crippen molar-refractivity contribution in [3.8, 4) is 0 Å². The molecule has 1 N–H and O–H groups in total. The van der Waals surface area contributed by atoms with Gasteiger partial charge in [0.25, 0.3) is 0 Å². The molecule has 1 saturated carbocycles. The number of amides is 1. The van der Waals surface area contributed by atoms with Crippen molar-refractivity contribution in [2.24, 2.45) is 5.41 Å². The number of nitrogens with zero attached hydrogens (tertiary/aromatic N) is 2. The molecule has 1 fully saturated rings. The minimum absolute atomic E-state index is 0.0187. The van der Waals surface area contributed by atoms with Crippen LogP contribution in [-0.4, -0.2) is 34.9 Å². The molecule has 1 amide bonds. The SMILES string of the molecule is CCC1(CC)C(NC(=O)Cn2nc(C)oc2=O)CC1OC. The molecule has 118 valence electrons. The summed E-state index contributed by atoms with van der Waals surface area (Å²) in [4.78, 5) is 23.5. The van der Waals surface area contributed by atoms with Crippen LogP contribution in [0.1, 0.15) is 39.0 Å². The van der Waals surface area contributed by atoms with E-state index >= 15 is 0 Å². The molecule has 1 aliphatic rings. The van der Waals surface area contributed by atoms with Crippen LogP contribution in [0.3, 0.4) is 0 Å². The molecule has 0 bridgehead atoms. The molecule has 7 nitrogen and oxygen atoms in total. The zero-order valence-corrected chi connectivity index (χ0v) is 13.0. The van der Waals surface area contributed by atoms with Crippen molar-refractivity contribution >= 4 is 5.91 Å². The van der Waals surface area contributed by atoms with E-state index in [0.717, 1.165) is 23.9 Å². The van der Waals surface area contributed by atoms with E-state index in [9.17, 15) is 9.59 Å². The van der Waals surface area contributed by atoms with Crippen LogP contribution in [0.4, 0.5) is 0 Å². The van der Waals surface area contributed by atoms with Gasteiger partial charge in [-0.2, -0.15) is 4.68 Å². The normalized spacial score (nSPS) is 23.6. The first-order valence-electron chi connectivity index (χ1n) is 7.33. The summed E-state index contributed by atoms with van der Waals surface area (Å²) < 4.78 is 11.3. The molecule has 1 heterocycles. The van der Waals surface area contributed by atoms with Crippen molar-refractivity contribution in [1.29, 1.82) is 0 Å². The first kappa shape index (κ1) is 15.8. The average Bonchev–Trinajstić information content (AvgIpc) is 2.74. The highest BCUT2D eigenvalue weighted by Crippen LogP contribution is 2.48. The van der Waals surface area contributed by atoms with Gasteiger partial charge in [0.1, 0.15) is 6.54 Å². The van der Waals surface area contributed by atoms with Gasteiger partial charge in [0.15, 0.2) is 0 Å². The molecule has 1 aliphatic carbocycles. The van der Waals surface area contributed by atoms with Crippen LogP contribution >= 0.6 is 0 Å². The lowest BCUT2D eigenvalue weighted by Gasteiger charge is -2.55. The Labute approximate surface area is 123 Å². The number of nitrogens with one attached hydrogen (secondary N) is 1. The van der Waals surface area contributed by atoms with Gasteiger partial charge >= 0.3 is 5.76 Å². The summed E-state index contributed by atoms with van der Waals surface area (Å²) in [7, 11) is 1.71. The lowest BCUT2D eigenvalue weighted by molar-refractivity contribution is -0.141. The van der Waals surface area contributed by atoms with Gasteiger partial charge in [-0.1, -0.05) is 13.8 Å². The summed E-state index contributed by atoms with van der Waals surface area (Å²) in [6.07, 6.45) is 2.86. The van der Waals surface area contributed by atoms with Crippen molar-refractivity contribution in [1.82, 2.24) is 15.1 Å². The minimum Gasteiger partial charge on any atom is -0.393 e. The van der Waals surface area contributed by atoms with Crippen LogP contribution in [0.5, 0.6) is 0 Å². The molecule has 2 atom stereocenters. The number of carbonyl (C=O) groups is 1. The summed E-state index contributed by atoms with van der Waals surface area (Å²) in [6, 6.07) is 0.0775. The van der Waals surface area contributed by atoms with Crippen molar-refractivity contribution in [2.45, 2.75) is 58.7 Å². The number of aryl methyl sites for hydroxylation is 1. The maximum Gasteiger partial charge on any atom is 0.437 e. The van der Waals surface area contributed by atoms with Crippen LogP contribution in [-0.2, 0) is 16.1 Å². The number of carbonyl (C=O) groups excluding carboxylic acids is 1. The van der Waals surface area contributed by atoms with Crippen molar-refractivity contribution in [3.63, 3.8) is 0 Å². The second kappa shape index (κ2) is 6.01. The smallest absolute Gasteiger partial charge is 0.393 e. The molecular weight excluding hydrogens is 274 g/mol. The fraction of sp³-hybridized carbons (Fsp3) is 0.786. The van der Waals surface area contributed by atoms with Crippen molar-refractivity contribution in [3.05, 3.63) is 16.4 Å². The Morgan fingerprint density at radius 3 is 2.67 bits per heavy atom. The van der Waals surface area contributed by atoms with Crippen LogP contribution in [0, 0.1) is 12.3 Å². The Balaban J connectivity index is 2.00.